The number of nitrogens with zero attached hydrogens (tertiary/aromatic N) is 2. The van der Waals surface area contributed by atoms with E-state index in [-0.39, 0.29) is 17.9 Å². The van der Waals surface area contributed by atoms with E-state index in [9.17, 15) is 0 Å². The lowest BCUT2D eigenvalue weighted by molar-refractivity contribution is 0.229. The van der Waals surface area contributed by atoms with E-state index in [1.807, 2.05) is 0 Å². The van der Waals surface area contributed by atoms with Crippen LogP contribution < -0.4 is 5.73 Å². The SMILES string of the molecule is Cc1ccc(CSCc2nc(C3(N)CCC3)no2)cc1.Cl. The summed E-state index contributed by atoms with van der Waals surface area (Å²) in [6.07, 6.45) is 3.08. The van der Waals surface area contributed by atoms with Crippen molar-refractivity contribution in [2.24, 2.45) is 5.73 Å². The number of aryl methyl sites for hydroxylation is 1. The minimum atomic E-state index is -0.330. The van der Waals surface area contributed by atoms with Crippen molar-refractivity contribution in [1.82, 2.24) is 10.1 Å². The zero-order valence-corrected chi connectivity index (χ0v) is 13.7. The first-order chi connectivity index (χ1) is 9.66. The molecule has 0 atom stereocenters. The highest BCUT2D eigenvalue weighted by Crippen LogP contribution is 2.37. The average Bonchev–Trinajstić information content (AvgIpc) is 2.87. The van der Waals surface area contributed by atoms with E-state index in [1.165, 1.54) is 11.1 Å². The number of benzene rings is 1. The van der Waals surface area contributed by atoms with Crippen LogP contribution in [0.5, 0.6) is 0 Å². The molecule has 1 aliphatic rings. The van der Waals surface area contributed by atoms with Gasteiger partial charge in [0.25, 0.3) is 0 Å². The molecule has 0 aliphatic heterocycles. The highest BCUT2D eigenvalue weighted by atomic mass is 35.5. The number of hydrogen-bond acceptors (Lipinski definition) is 5. The largest absolute Gasteiger partial charge is 0.338 e. The predicted octanol–water partition coefficient (Wildman–Crippen LogP) is 3.57. The second kappa shape index (κ2) is 6.81. The van der Waals surface area contributed by atoms with E-state index < -0.39 is 0 Å². The molecular weight excluding hydrogens is 306 g/mol. The van der Waals surface area contributed by atoms with Gasteiger partial charge in [-0.15, -0.1) is 24.2 Å². The minimum Gasteiger partial charge on any atom is -0.338 e. The summed E-state index contributed by atoms with van der Waals surface area (Å²) in [5, 5.41) is 4.02. The number of aromatic nitrogens is 2. The number of hydrogen-bond donors (Lipinski definition) is 1. The lowest BCUT2D eigenvalue weighted by atomic mass is 9.77. The van der Waals surface area contributed by atoms with Crippen molar-refractivity contribution < 1.29 is 4.52 Å². The Morgan fingerprint density at radius 2 is 1.95 bits per heavy atom. The molecule has 0 unspecified atom stereocenters. The molecule has 1 fully saturated rings. The summed E-state index contributed by atoms with van der Waals surface area (Å²) in [6.45, 7) is 2.10. The van der Waals surface area contributed by atoms with Crippen molar-refractivity contribution in [2.45, 2.75) is 43.2 Å². The number of rotatable bonds is 5. The van der Waals surface area contributed by atoms with Gasteiger partial charge in [0.2, 0.25) is 5.89 Å². The van der Waals surface area contributed by atoms with E-state index in [0.717, 1.165) is 30.8 Å². The molecule has 4 nitrogen and oxygen atoms in total. The van der Waals surface area contributed by atoms with Crippen LogP contribution in [0.25, 0.3) is 0 Å². The highest BCUT2D eigenvalue weighted by molar-refractivity contribution is 7.97. The van der Waals surface area contributed by atoms with Gasteiger partial charge in [0.15, 0.2) is 5.82 Å². The summed E-state index contributed by atoms with van der Waals surface area (Å²) in [6, 6.07) is 8.58. The topological polar surface area (TPSA) is 64.9 Å². The Balaban J connectivity index is 0.00000161. The smallest absolute Gasteiger partial charge is 0.236 e. The molecule has 1 aliphatic carbocycles. The van der Waals surface area contributed by atoms with Gasteiger partial charge >= 0.3 is 0 Å². The number of thioether (sulfide) groups is 1. The molecule has 6 heteroatoms. The first-order valence-electron chi connectivity index (χ1n) is 6.91. The summed E-state index contributed by atoms with van der Waals surface area (Å²) in [4.78, 5) is 4.43. The second-order valence-electron chi connectivity index (χ2n) is 5.50. The van der Waals surface area contributed by atoms with Crippen LogP contribution in [-0.2, 0) is 17.0 Å². The summed E-state index contributed by atoms with van der Waals surface area (Å²) < 4.78 is 5.28. The molecule has 21 heavy (non-hydrogen) atoms. The summed E-state index contributed by atoms with van der Waals surface area (Å²) in [5.74, 6) is 3.03. The average molecular weight is 326 g/mol. The van der Waals surface area contributed by atoms with Crippen LogP contribution in [0.4, 0.5) is 0 Å². The Labute approximate surface area is 135 Å². The van der Waals surface area contributed by atoms with E-state index in [2.05, 4.69) is 41.3 Å². The molecule has 2 aromatic rings. The van der Waals surface area contributed by atoms with Crippen molar-refractivity contribution in [3.63, 3.8) is 0 Å². The molecule has 114 valence electrons. The number of nitrogens with two attached hydrogens (primary N) is 1. The van der Waals surface area contributed by atoms with Gasteiger partial charge in [-0.1, -0.05) is 35.0 Å². The van der Waals surface area contributed by atoms with Crippen LogP contribution in [0.3, 0.4) is 0 Å². The molecule has 0 radical (unpaired) electrons. The lowest BCUT2D eigenvalue weighted by Gasteiger charge is -2.34. The molecule has 1 heterocycles. The van der Waals surface area contributed by atoms with E-state index >= 15 is 0 Å². The molecule has 2 N–H and O–H groups in total. The third-order valence-corrected chi connectivity index (χ3v) is 4.76. The summed E-state index contributed by atoms with van der Waals surface area (Å²) >= 11 is 1.78. The second-order valence-corrected chi connectivity index (χ2v) is 6.49. The number of halogens is 1. The van der Waals surface area contributed by atoms with Gasteiger partial charge in [0.1, 0.15) is 0 Å². The van der Waals surface area contributed by atoms with Crippen molar-refractivity contribution in [2.75, 3.05) is 0 Å². The van der Waals surface area contributed by atoms with Gasteiger partial charge in [-0.3, -0.25) is 0 Å². The van der Waals surface area contributed by atoms with Crippen LogP contribution >= 0.6 is 24.2 Å². The Bertz CT molecular complexity index is 581. The van der Waals surface area contributed by atoms with Crippen molar-refractivity contribution in [3.05, 3.63) is 47.1 Å². The normalized spacial score (nSPS) is 16.1. The Hall–Kier alpha value is -1.04. The predicted molar refractivity (Wildman–Crippen MR) is 87.4 cm³/mol. The van der Waals surface area contributed by atoms with Gasteiger partial charge in [0, 0.05) is 5.75 Å². The van der Waals surface area contributed by atoms with E-state index in [1.54, 1.807) is 11.8 Å². The summed E-state index contributed by atoms with van der Waals surface area (Å²) in [7, 11) is 0. The van der Waals surface area contributed by atoms with Crippen molar-refractivity contribution in [3.8, 4) is 0 Å². The van der Waals surface area contributed by atoms with Crippen LogP contribution in [0.1, 0.15) is 42.1 Å². The highest BCUT2D eigenvalue weighted by Gasteiger charge is 2.38. The monoisotopic (exact) mass is 325 g/mol. The molecule has 0 amide bonds. The Morgan fingerprint density at radius 1 is 1.24 bits per heavy atom. The minimum absolute atomic E-state index is 0. The maximum atomic E-state index is 6.18. The van der Waals surface area contributed by atoms with E-state index in [4.69, 9.17) is 10.3 Å². The first kappa shape index (κ1) is 16.3. The quantitative estimate of drug-likeness (QED) is 0.910. The maximum Gasteiger partial charge on any atom is 0.236 e. The molecule has 1 saturated carbocycles. The molecule has 3 rings (SSSR count). The lowest BCUT2D eigenvalue weighted by Crippen LogP contribution is -2.44. The third-order valence-electron chi connectivity index (χ3n) is 3.77. The Kier molecular flexibility index (Phi) is 5.30. The van der Waals surface area contributed by atoms with Crippen molar-refractivity contribution >= 4 is 24.2 Å². The van der Waals surface area contributed by atoms with Crippen LogP contribution in [-0.4, -0.2) is 10.1 Å². The molecule has 0 saturated heterocycles. The molecule has 1 aromatic heterocycles. The van der Waals surface area contributed by atoms with E-state index in [0.29, 0.717) is 11.7 Å². The molecule has 0 bridgehead atoms. The Morgan fingerprint density at radius 3 is 2.57 bits per heavy atom. The van der Waals surface area contributed by atoms with Gasteiger partial charge in [-0.05, 0) is 31.7 Å². The molecule has 0 spiro atoms. The maximum absolute atomic E-state index is 6.18. The van der Waals surface area contributed by atoms with Gasteiger partial charge < -0.3 is 10.3 Å². The first-order valence-corrected chi connectivity index (χ1v) is 8.06. The zero-order valence-electron chi connectivity index (χ0n) is 12.0. The molecular formula is C15H20ClN3OS. The zero-order chi connectivity index (χ0) is 14.0. The summed E-state index contributed by atoms with van der Waals surface area (Å²) in [5.41, 5.74) is 8.45. The van der Waals surface area contributed by atoms with Gasteiger partial charge in [-0.25, -0.2) is 0 Å². The van der Waals surface area contributed by atoms with Crippen LogP contribution in [0.2, 0.25) is 0 Å². The van der Waals surface area contributed by atoms with Crippen LogP contribution in [0, 0.1) is 6.92 Å². The van der Waals surface area contributed by atoms with Gasteiger partial charge in [0.05, 0.1) is 11.3 Å². The fourth-order valence-corrected chi connectivity index (χ4v) is 3.06. The third kappa shape index (κ3) is 3.78. The van der Waals surface area contributed by atoms with Crippen molar-refractivity contribution in [1.29, 1.82) is 0 Å². The van der Waals surface area contributed by atoms with Crippen LogP contribution in [0.15, 0.2) is 28.8 Å². The standard InChI is InChI=1S/C15H19N3OS.ClH/c1-11-3-5-12(6-4-11)9-20-10-13-17-14(18-19-13)15(16)7-2-8-15;/h3-6H,2,7-10,16H2,1H3;1H. The van der Waals surface area contributed by atoms with Gasteiger partial charge in [-0.2, -0.15) is 4.98 Å². The fourth-order valence-electron chi connectivity index (χ4n) is 2.24. The molecule has 1 aromatic carbocycles. The fraction of sp³-hybridized carbons (Fsp3) is 0.467.